The lowest BCUT2D eigenvalue weighted by Gasteiger charge is -2.30. The van der Waals surface area contributed by atoms with Crippen LogP contribution in [0.2, 0.25) is 5.02 Å². The van der Waals surface area contributed by atoms with E-state index in [4.69, 9.17) is 16.3 Å². The van der Waals surface area contributed by atoms with Gasteiger partial charge in [-0.15, -0.1) is 0 Å². The highest BCUT2D eigenvalue weighted by Crippen LogP contribution is 2.33. The number of benzene rings is 2. The van der Waals surface area contributed by atoms with Crippen LogP contribution in [0.25, 0.3) is 0 Å². The van der Waals surface area contributed by atoms with Crippen molar-refractivity contribution in [1.82, 2.24) is 0 Å². The molecule has 1 saturated heterocycles. The topological polar surface area (TPSA) is 61.8 Å². The number of carbonyl (C=O) groups excluding carboxylic acids is 1. The van der Waals surface area contributed by atoms with Crippen LogP contribution in [0.1, 0.15) is 29.6 Å². The van der Waals surface area contributed by atoms with E-state index in [1.807, 2.05) is 12.1 Å². The molecule has 1 fully saturated rings. The molecule has 1 aliphatic heterocycles. The van der Waals surface area contributed by atoms with Gasteiger partial charge in [-0.25, -0.2) is 0 Å². The van der Waals surface area contributed by atoms with Gasteiger partial charge in [-0.2, -0.15) is 0 Å². The molecule has 2 aromatic carbocycles. The molecule has 0 aliphatic carbocycles. The van der Waals surface area contributed by atoms with Gasteiger partial charge < -0.3 is 20.1 Å². The van der Waals surface area contributed by atoms with E-state index in [0.717, 1.165) is 24.5 Å². The van der Waals surface area contributed by atoms with Gasteiger partial charge in [0.25, 0.3) is 5.91 Å². The maximum Gasteiger partial charge on any atom is 0.259 e. The first-order valence-electron chi connectivity index (χ1n) is 8.31. The predicted molar refractivity (Wildman–Crippen MR) is 100 cm³/mol. The summed E-state index contributed by atoms with van der Waals surface area (Å²) in [6, 6.07) is 9.96. The average Bonchev–Trinajstić information content (AvgIpc) is 2.64. The van der Waals surface area contributed by atoms with Crippen LogP contribution in [-0.4, -0.2) is 31.2 Å². The maximum absolute atomic E-state index is 12.4. The van der Waals surface area contributed by atoms with Gasteiger partial charge >= 0.3 is 0 Å². The number of amides is 1. The normalized spacial score (nSPS) is 14.2. The third kappa shape index (κ3) is 3.99. The fraction of sp³-hybridized carbons (Fsp3) is 0.316. The largest absolute Gasteiger partial charge is 0.507 e. The van der Waals surface area contributed by atoms with Crippen molar-refractivity contribution in [3.05, 3.63) is 47.0 Å². The number of aromatic hydroxyl groups is 1. The molecule has 1 heterocycles. The van der Waals surface area contributed by atoms with Gasteiger partial charge in [0.2, 0.25) is 0 Å². The van der Waals surface area contributed by atoms with Crippen LogP contribution >= 0.6 is 11.6 Å². The van der Waals surface area contributed by atoms with E-state index in [1.165, 1.54) is 37.5 Å². The molecule has 1 amide bonds. The van der Waals surface area contributed by atoms with Crippen molar-refractivity contribution in [3.8, 4) is 11.5 Å². The molecular weight excluding hydrogens is 340 g/mol. The molecule has 0 spiro atoms. The van der Waals surface area contributed by atoms with Crippen LogP contribution in [0.15, 0.2) is 36.4 Å². The number of piperidine rings is 1. The van der Waals surface area contributed by atoms with Gasteiger partial charge in [0, 0.05) is 29.9 Å². The minimum Gasteiger partial charge on any atom is -0.507 e. The molecule has 6 heteroatoms. The molecule has 5 nitrogen and oxygen atoms in total. The van der Waals surface area contributed by atoms with Crippen molar-refractivity contribution >= 4 is 28.9 Å². The van der Waals surface area contributed by atoms with Gasteiger partial charge in [0.15, 0.2) is 0 Å². The summed E-state index contributed by atoms with van der Waals surface area (Å²) in [4.78, 5) is 14.7. The zero-order valence-electron chi connectivity index (χ0n) is 14.1. The van der Waals surface area contributed by atoms with Crippen LogP contribution in [0.5, 0.6) is 11.5 Å². The molecule has 0 unspecified atom stereocenters. The molecule has 2 N–H and O–H groups in total. The fourth-order valence-electron chi connectivity index (χ4n) is 3.04. The zero-order valence-corrected chi connectivity index (χ0v) is 14.8. The Morgan fingerprint density at radius 1 is 1.16 bits per heavy atom. The molecule has 0 aromatic heterocycles. The van der Waals surface area contributed by atoms with Gasteiger partial charge in [0.05, 0.1) is 18.4 Å². The monoisotopic (exact) mass is 360 g/mol. The number of ether oxygens (including phenoxy) is 1. The first-order valence-corrected chi connectivity index (χ1v) is 8.69. The molecule has 2 aromatic rings. The van der Waals surface area contributed by atoms with E-state index in [-0.39, 0.29) is 11.3 Å². The third-order valence-electron chi connectivity index (χ3n) is 4.34. The van der Waals surface area contributed by atoms with E-state index in [1.54, 1.807) is 13.2 Å². The average molecular weight is 361 g/mol. The Morgan fingerprint density at radius 3 is 2.64 bits per heavy atom. The summed E-state index contributed by atoms with van der Waals surface area (Å²) in [5.41, 5.74) is 1.76. The standard InChI is InChI=1S/C19H21ClN2O3/c1-25-18-12-14(6-7-16(18)22-9-3-2-4-10-22)21-19(24)15-11-13(20)5-8-17(15)23/h5-8,11-12,23H,2-4,9-10H2,1H3,(H,21,24). The number of nitrogens with zero attached hydrogens (tertiary/aromatic N) is 1. The smallest absolute Gasteiger partial charge is 0.259 e. The second-order valence-corrected chi connectivity index (χ2v) is 6.49. The number of methoxy groups -OCH3 is 1. The summed E-state index contributed by atoms with van der Waals surface area (Å²) < 4.78 is 5.51. The first-order chi connectivity index (χ1) is 12.1. The molecule has 0 radical (unpaired) electrons. The Kier molecular flexibility index (Phi) is 5.34. The van der Waals surface area contributed by atoms with Crippen molar-refractivity contribution in [2.45, 2.75) is 19.3 Å². The van der Waals surface area contributed by atoms with Crippen LogP contribution < -0.4 is 15.0 Å². The lowest BCUT2D eigenvalue weighted by molar-refractivity contribution is 0.102. The van der Waals surface area contributed by atoms with Gasteiger partial charge in [0.1, 0.15) is 11.5 Å². The summed E-state index contributed by atoms with van der Waals surface area (Å²) in [6.07, 6.45) is 3.61. The van der Waals surface area contributed by atoms with Crippen molar-refractivity contribution in [3.63, 3.8) is 0 Å². The minimum atomic E-state index is -0.423. The number of halogens is 1. The maximum atomic E-state index is 12.4. The molecule has 132 valence electrons. The Labute approximate surface area is 152 Å². The van der Waals surface area contributed by atoms with E-state index in [0.29, 0.717) is 10.7 Å². The number of rotatable bonds is 4. The Morgan fingerprint density at radius 2 is 1.92 bits per heavy atom. The molecule has 0 bridgehead atoms. The second-order valence-electron chi connectivity index (χ2n) is 6.05. The summed E-state index contributed by atoms with van der Waals surface area (Å²) in [5, 5.41) is 13.0. The molecular formula is C19H21ClN2O3. The predicted octanol–water partition coefficient (Wildman–Crippen LogP) is 4.30. The summed E-state index contributed by atoms with van der Waals surface area (Å²) in [5.74, 6) is 0.182. The van der Waals surface area contributed by atoms with E-state index >= 15 is 0 Å². The third-order valence-corrected chi connectivity index (χ3v) is 4.57. The van der Waals surface area contributed by atoms with Crippen molar-refractivity contribution in [2.24, 2.45) is 0 Å². The fourth-order valence-corrected chi connectivity index (χ4v) is 3.21. The number of phenols is 1. The highest BCUT2D eigenvalue weighted by molar-refractivity contribution is 6.31. The van der Waals surface area contributed by atoms with Crippen molar-refractivity contribution < 1.29 is 14.6 Å². The van der Waals surface area contributed by atoms with Crippen LogP contribution in [0.3, 0.4) is 0 Å². The lowest BCUT2D eigenvalue weighted by Crippen LogP contribution is -2.29. The molecule has 0 atom stereocenters. The number of hydrogen-bond donors (Lipinski definition) is 2. The molecule has 3 rings (SSSR count). The van der Waals surface area contributed by atoms with Gasteiger partial charge in [-0.05, 0) is 49.6 Å². The van der Waals surface area contributed by atoms with Crippen LogP contribution in [0, 0.1) is 0 Å². The summed E-state index contributed by atoms with van der Waals surface area (Å²) >= 11 is 5.90. The first kappa shape index (κ1) is 17.4. The Hall–Kier alpha value is -2.40. The highest BCUT2D eigenvalue weighted by Gasteiger charge is 2.17. The van der Waals surface area contributed by atoms with Gasteiger partial charge in [-0.3, -0.25) is 4.79 Å². The van der Waals surface area contributed by atoms with Gasteiger partial charge in [-0.1, -0.05) is 11.6 Å². The number of carbonyl (C=O) groups is 1. The minimum absolute atomic E-state index is 0.112. The zero-order chi connectivity index (χ0) is 17.8. The van der Waals surface area contributed by atoms with E-state index in [2.05, 4.69) is 10.2 Å². The number of phenolic OH excluding ortho intramolecular Hbond substituents is 1. The molecule has 25 heavy (non-hydrogen) atoms. The van der Waals surface area contributed by atoms with Crippen molar-refractivity contribution in [2.75, 3.05) is 30.4 Å². The number of nitrogens with one attached hydrogen (secondary N) is 1. The van der Waals surface area contributed by atoms with Crippen molar-refractivity contribution in [1.29, 1.82) is 0 Å². The van der Waals surface area contributed by atoms with E-state index in [9.17, 15) is 9.90 Å². The SMILES string of the molecule is COc1cc(NC(=O)c2cc(Cl)ccc2O)ccc1N1CCCCC1. The van der Waals surface area contributed by atoms with Crippen LogP contribution in [-0.2, 0) is 0 Å². The van der Waals surface area contributed by atoms with Crippen LogP contribution in [0.4, 0.5) is 11.4 Å². The van der Waals surface area contributed by atoms with E-state index < -0.39 is 5.91 Å². The highest BCUT2D eigenvalue weighted by atomic mass is 35.5. The quantitative estimate of drug-likeness (QED) is 0.853. The molecule has 0 saturated carbocycles. The Balaban J connectivity index is 1.81. The number of anilines is 2. The second kappa shape index (κ2) is 7.66. The summed E-state index contributed by atoms with van der Waals surface area (Å²) in [7, 11) is 1.62. The number of hydrogen-bond acceptors (Lipinski definition) is 4. The molecule has 1 aliphatic rings. The Bertz CT molecular complexity index is 773. The lowest BCUT2D eigenvalue weighted by atomic mass is 10.1. The summed E-state index contributed by atoms with van der Waals surface area (Å²) in [6.45, 7) is 2.02.